The minimum Gasteiger partial charge on any atom is -0.493 e. The molecule has 0 radical (unpaired) electrons. The third-order valence-electron chi connectivity index (χ3n) is 6.39. The average Bonchev–Trinajstić information content (AvgIpc) is 2.51. The second kappa shape index (κ2) is 6.01. The first-order valence-corrected chi connectivity index (χ1v) is 9.22. The highest BCUT2D eigenvalue weighted by Gasteiger charge is 2.56. The molecule has 1 heterocycles. The Hall–Kier alpha value is -1.55. The van der Waals surface area contributed by atoms with Crippen molar-refractivity contribution in [2.24, 2.45) is 11.3 Å². The molecule has 3 rings (SSSR count). The molecule has 25 heavy (non-hydrogen) atoms. The van der Waals surface area contributed by atoms with Gasteiger partial charge >= 0.3 is 0 Å². The highest BCUT2D eigenvalue weighted by Crippen LogP contribution is 2.60. The van der Waals surface area contributed by atoms with Gasteiger partial charge in [0.1, 0.15) is 0 Å². The zero-order valence-corrected chi connectivity index (χ0v) is 16.2. The van der Waals surface area contributed by atoms with E-state index < -0.39 is 6.29 Å². The number of aliphatic hydroxyl groups excluding tert-OH is 1. The van der Waals surface area contributed by atoms with Crippen molar-refractivity contribution in [1.82, 2.24) is 0 Å². The van der Waals surface area contributed by atoms with Crippen LogP contribution in [0.5, 0.6) is 11.5 Å². The van der Waals surface area contributed by atoms with E-state index in [0.29, 0.717) is 17.1 Å². The van der Waals surface area contributed by atoms with Crippen molar-refractivity contribution in [3.63, 3.8) is 0 Å². The summed E-state index contributed by atoms with van der Waals surface area (Å²) in [7, 11) is 1.62. The zero-order valence-electron chi connectivity index (χ0n) is 16.2. The van der Waals surface area contributed by atoms with Crippen molar-refractivity contribution < 1.29 is 19.4 Å². The number of benzene rings is 1. The average molecular weight is 346 g/mol. The monoisotopic (exact) mass is 346 g/mol. The Bertz CT molecular complexity index is 692. The number of hydrogen-bond donors (Lipinski definition) is 1. The molecule has 1 saturated carbocycles. The van der Waals surface area contributed by atoms with E-state index in [4.69, 9.17) is 9.47 Å². The molecular formula is C21H30O4. The van der Waals surface area contributed by atoms with E-state index in [0.717, 1.165) is 36.7 Å². The molecule has 1 aliphatic heterocycles. The summed E-state index contributed by atoms with van der Waals surface area (Å²) in [5.74, 6) is 1.33. The summed E-state index contributed by atoms with van der Waals surface area (Å²) in [5, 5.41) is 10.9. The summed E-state index contributed by atoms with van der Waals surface area (Å²) >= 11 is 0. The van der Waals surface area contributed by atoms with Gasteiger partial charge in [-0.3, -0.25) is 4.79 Å². The van der Waals surface area contributed by atoms with E-state index in [1.54, 1.807) is 7.11 Å². The maximum Gasteiger partial charge on any atom is 0.201 e. The van der Waals surface area contributed by atoms with Gasteiger partial charge in [0.2, 0.25) is 6.29 Å². The van der Waals surface area contributed by atoms with Gasteiger partial charge in [0.15, 0.2) is 17.8 Å². The van der Waals surface area contributed by atoms with Crippen LogP contribution in [-0.4, -0.2) is 24.8 Å². The van der Waals surface area contributed by atoms with Gasteiger partial charge in [0.05, 0.1) is 7.11 Å². The molecule has 2 aliphatic rings. The van der Waals surface area contributed by atoms with Crippen molar-refractivity contribution in [3.05, 3.63) is 22.8 Å². The first-order chi connectivity index (χ1) is 11.7. The van der Waals surface area contributed by atoms with Crippen molar-refractivity contribution in [2.75, 3.05) is 7.11 Å². The smallest absolute Gasteiger partial charge is 0.201 e. The lowest BCUT2D eigenvalue weighted by Gasteiger charge is -2.55. The molecule has 0 spiro atoms. The fourth-order valence-corrected chi connectivity index (χ4v) is 5.37. The molecule has 0 saturated heterocycles. The fraction of sp³-hybridized carbons (Fsp3) is 0.667. The molecule has 3 unspecified atom stereocenters. The highest BCUT2D eigenvalue weighted by molar-refractivity contribution is 5.82. The lowest BCUT2D eigenvalue weighted by molar-refractivity contribution is -0.156. The Balaban J connectivity index is 2.33. The number of aliphatic hydroxyl groups is 1. The predicted octanol–water partition coefficient (Wildman–Crippen LogP) is 4.43. The molecule has 1 N–H and O–H groups in total. The molecule has 1 fully saturated rings. The second-order valence-electron chi connectivity index (χ2n) is 8.81. The van der Waals surface area contributed by atoms with Crippen LogP contribution in [0.2, 0.25) is 0 Å². The van der Waals surface area contributed by atoms with Crippen LogP contribution in [0.3, 0.4) is 0 Å². The minimum atomic E-state index is -0.899. The number of ether oxygens (including phenoxy) is 2. The van der Waals surface area contributed by atoms with Gasteiger partial charge in [0.25, 0.3) is 0 Å². The normalized spacial score (nSPS) is 30.2. The Morgan fingerprint density at radius 3 is 2.56 bits per heavy atom. The van der Waals surface area contributed by atoms with Crippen molar-refractivity contribution >= 4 is 6.29 Å². The Kier molecular flexibility index (Phi) is 4.39. The van der Waals surface area contributed by atoms with Gasteiger partial charge in [-0.2, -0.15) is 0 Å². The van der Waals surface area contributed by atoms with Gasteiger partial charge < -0.3 is 14.6 Å². The molecule has 138 valence electrons. The third-order valence-corrected chi connectivity index (χ3v) is 6.39. The molecule has 1 aromatic rings. The van der Waals surface area contributed by atoms with Crippen molar-refractivity contribution in [3.8, 4) is 11.5 Å². The molecule has 1 aromatic carbocycles. The number of rotatable bonds is 3. The molecule has 1 aliphatic carbocycles. The van der Waals surface area contributed by atoms with Gasteiger partial charge in [-0.1, -0.05) is 41.0 Å². The molecule has 0 bridgehead atoms. The summed E-state index contributed by atoms with van der Waals surface area (Å²) in [6, 6.07) is 1.94. The Morgan fingerprint density at radius 2 is 2.00 bits per heavy atom. The topological polar surface area (TPSA) is 55.8 Å². The van der Waals surface area contributed by atoms with E-state index in [2.05, 4.69) is 34.6 Å². The van der Waals surface area contributed by atoms with E-state index in [-0.39, 0.29) is 22.7 Å². The molecular weight excluding hydrogens is 316 g/mol. The maximum absolute atomic E-state index is 12.0. The number of methoxy groups -OCH3 is 1. The van der Waals surface area contributed by atoms with E-state index >= 15 is 0 Å². The van der Waals surface area contributed by atoms with Crippen molar-refractivity contribution in [1.29, 1.82) is 0 Å². The van der Waals surface area contributed by atoms with Gasteiger partial charge in [0, 0.05) is 28.0 Å². The SMILES string of the molecule is COc1c(C(C)C)cc(C=O)c2c1OC(O)C1C(C)(C)CCCC21C. The van der Waals surface area contributed by atoms with Crippen LogP contribution in [0.25, 0.3) is 0 Å². The number of aldehydes is 1. The summed E-state index contributed by atoms with van der Waals surface area (Å²) in [5.41, 5.74) is 2.14. The summed E-state index contributed by atoms with van der Waals surface area (Å²) in [6.07, 6.45) is 3.07. The lowest BCUT2D eigenvalue weighted by atomic mass is 9.52. The van der Waals surface area contributed by atoms with Crippen LogP contribution in [0, 0.1) is 11.3 Å². The highest BCUT2D eigenvalue weighted by atomic mass is 16.6. The standard InChI is InChI=1S/C21H30O4/c1-12(2)14-10-13(11-22)15-17(16(14)24-6)25-19(23)18-20(3,4)8-7-9-21(15,18)5/h10-12,18-19,23H,7-9H2,1-6H3. The number of carbonyl (C=O) groups excluding carboxylic acids is 1. The summed E-state index contributed by atoms with van der Waals surface area (Å²) in [4.78, 5) is 12.0. The second-order valence-corrected chi connectivity index (χ2v) is 8.81. The van der Waals surface area contributed by atoms with E-state index in [1.807, 2.05) is 6.07 Å². The first kappa shape index (κ1) is 18.2. The van der Waals surface area contributed by atoms with E-state index in [1.165, 1.54) is 0 Å². The van der Waals surface area contributed by atoms with Gasteiger partial charge in [-0.05, 0) is 30.2 Å². The van der Waals surface area contributed by atoms with Crippen LogP contribution in [0.1, 0.15) is 81.3 Å². The Labute approximate surface area is 150 Å². The van der Waals surface area contributed by atoms with Crippen LogP contribution >= 0.6 is 0 Å². The number of hydrogen-bond acceptors (Lipinski definition) is 4. The lowest BCUT2D eigenvalue weighted by Crippen LogP contribution is -2.55. The quantitative estimate of drug-likeness (QED) is 0.823. The van der Waals surface area contributed by atoms with Crippen molar-refractivity contribution in [2.45, 2.75) is 71.5 Å². The largest absolute Gasteiger partial charge is 0.493 e. The van der Waals surface area contributed by atoms with Gasteiger partial charge in [-0.15, -0.1) is 0 Å². The van der Waals surface area contributed by atoms with Gasteiger partial charge in [-0.25, -0.2) is 0 Å². The molecule has 0 aromatic heterocycles. The summed E-state index contributed by atoms with van der Waals surface area (Å²) < 4.78 is 11.7. The number of fused-ring (bicyclic) bond motifs is 3. The van der Waals surface area contributed by atoms with E-state index in [9.17, 15) is 9.90 Å². The van der Waals surface area contributed by atoms with Crippen LogP contribution in [0.15, 0.2) is 6.07 Å². The van der Waals surface area contributed by atoms with Crippen LogP contribution < -0.4 is 9.47 Å². The summed E-state index contributed by atoms with van der Waals surface area (Å²) in [6.45, 7) is 10.7. The molecule has 0 amide bonds. The zero-order chi connectivity index (χ0) is 18.6. The minimum absolute atomic E-state index is 0.0606. The molecule has 4 nitrogen and oxygen atoms in total. The fourth-order valence-electron chi connectivity index (χ4n) is 5.37. The molecule has 4 heteroatoms. The first-order valence-electron chi connectivity index (χ1n) is 9.22. The van der Waals surface area contributed by atoms with Crippen LogP contribution in [0.4, 0.5) is 0 Å². The predicted molar refractivity (Wildman–Crippen MR) is 97.6 cm³/mol. The maximum atomic E-state index is 12.0. The molecule has 3 atom stereocenters. The van der Waals surface area contributed by atoms with Crippen LogP contribution in [-0.2, 0) is 5.41 Å². The Morgan fingerprint density at radius 1 is 1.32 bits per heavy atom. The number of carbonyl (C=O) groups is 1. The third kappa shape index (κ3) is 2.57.